The summed E-state index contributed by atoms with van der Waals surface area (Å²) in [6.45, 7) is 0.365. The molecule has 1 amide bonds. The van der Waals surface area contributed by atoms with Gasteiger partial charge >= 0.3 is 0 Å². The van der Waals surface area contributed by atoms with Gasteiger partial charge in [0.1, 0.15) is 37.1 Å². The second-order valence-corrected chi connectivity index (χ2v) is 5.51. The topological polar surface area (TPSA) is 138 Å². The van der Waals surface area contributed by atoms with Crippen molar-refractivity contribution in [2.24, 2.45) is 0 Å². The number of ether oxygens (including phenoxy) is 3. The Kier molecular flexibility index (Phi) is 9.99. The minimum atomic E-state index is -1.46. The van der Waals surface area contributed by atoms with Gasteiger partial charge in [0.25, 0.3) is 0 Å². The Bertz CT molecular complexity index is 346. The van der Waals surface area contributed by atoms with Crippen LogP contribution in [-0.2, 0) is 19.0 Å². The molecule has 9 nitrogen and oxygen atoms in total. The molecule has 0 saturated carbocycles. The molecule has 5 atom stereocenters. The molecule has 1 saturated heterocycles. The molecule has 0 bridgehead atoms. The standard InChI is InChI=1S/C13H25NO8S/c15-6-9-12(18)13(19)11(17)8(22-9)5-14-10(16)7-21-2-1-20-3-4-23/h8-9,11-13,15,17-19,23H,1-7H2,(H,14,16)/t8-,9+,11-,12-,13+/m0/s1. The second kappa shape index (κ2) is 11.2. The van der Waals surface area contributed by atoms with Gasteiger partial charge in [-0.05, 0) is 0 Å². The van der Waals surface area contributed by atoms with Gasteiger partial charge in [0.15, 0.2) is 0 Å². The lowest BCUT2D eigenvalue weighted by Crippen LogP contribution is -2.60. The molecule has 23 heavy (non-hydrogen) atoms. The van der Waals surface area contributed by atoms with Crippen molar-refractivity contribution in [3.8, 4) is 0 Å². The molecule has 5 N–H and O–H groups in total. The molecule has 1 rings (SSSR count). The number of rotatable bonds is 10. The van der Waals surface area contributed by atoms with Gasteiger partial charge in [-0.2, -0.15) is 12.6 Å². The number of carbonyl (C=O) groups excluding carboxylic acids is 1. The van der Waals surface area contributed by atoms with Crippen LogP contribution in [0.15, 0.2) is 0 Å². The van der Waals surface area contributed by atoms with Crippen molar-refractivity contribution in [2.45, 2.75) is 30.5 Å². The van der Waals surface area contributed by atoms with Gasteiger partial charge in [-0.25, -0.2) is 0 Å². The van der Waals surface area contributed by atoms with Gasteiger partial charge in [0, 0.05) is 12.3 Å². The Hall–Kier alpha value is -0.460. The Balaban J connectivity index is 2.24. The van der Waals surface area contributed by atoms with Gasteiger partial charge in [0.2, 0.25) is 5.91 Å². The highest BCUT2D eigenvalue weighted by molar-refractivity contribution is 7.80. The van der Waals surface area contributed by atoms with Crippen LogP contribution in [0.25, 0.3) is 0 Å². The van der Waals surface area contributed by atoms with Crippen LogP contribution < -0.4 is 5.32 Å². The van der Waals surface area contributed by atoms with Crippen molar-refractivity contribution in [2.75, 3.05) is 45.3 Å². The van der Waals surface area contributed by atoms with Gasteiger partial charge in [-0.15, -0.1) is 0 Å². The molecule has 0 unspecified atom stereocenters. The Morgan fingerprint density at radius 3 is 2.35 bits per heavy atom. The quantitative estimate of drug-likeness (QED) is 0.179. The van der Waals surface area contributed by atoms with Crippen LogP contribution in [0.3, 0.4) is 0 Å². The fraction of sp³-hybridized carbons (Fsp3) is 0.923. The lowest BCUT2D eigenvalue weighted by atomic mass is 9.95. The zero-order valence-corrected chi connectivity index (χ0v) is 13.6. The Morgan fingerprint density at radius 1 is 1.04 bits per heavy atom. The van der Waals surface area contributed by atoms with Gasteiger partial charge in [-0.1, -0.05) is 0 Å². The third kappa shape index (κ3) is 6.89. The molecular weight excluding hydrogens is 330 g/mol. The first kappa shape index (κ1) is 20.6. The highest BCUT2D eigenvalue weighted by Crippen LogP contribution is 2.20. The summed E-state index contributed by atoms with van der Waals surface area (Å²) < 4.78 is 15.5. The van der Waals surface area contributed by atoms with E-state index in [4.69, 9.17) is 19.3 Å². The number of amides is 1. The van der Waals surface area contributed by atoms with E-state index in [1.807, 2.05) is 0 Å². The van der Waals surface area contributed by atoms with Crippen LogP contribution in [0.1, 0.15) is 0 Å². The third-order valence-electron chi connectivity index (χ3n) is 3.33. The van der Waals surface area contributed by atoms with Crippen molar-refractivity contribution in [1.29, 1.82) is 0 Å². The molecule has 0 aromatic rings. The van der Waals surface area contributed by atoms with Gasteiger partial charge < -0.3 is 40.0 Å². The summed E-state index contributed by atoms with van der Waals surface area (Å²) in [7, 11) is 0. The molecule has 0 spiro atoms. The molecule has 1 aliphatic rings. The van der Waals surface area contributed by atoms with E-state index in [0.29, 0.717) is 19.0 Å². The van der Waals surface area contributed by atoms with Crippen molar-refractivity contribution < 1.29 is 39.4 Å². The van der Waals surface area contributed by atoms with E-state index in [2.05, 4.69) is 17.9 Å². The predicted molar refractivity (Wildman–Crippen MR) is 82.3 cm³/mol. The van der Waals surface area contributed by atoms with E-state index in [1.165, 1.54) is 0 Å². The highest BCUT2D eigenvalue weighted by Gasteiger charge is 2.43. The maximum absolute atomic E-state index is 11.6. The maximum atomic E-state index is 11.6. The molecule has 1 fully saturated rings. The summed E-state index contributed by atoms with van der Waals surface area (Å²) >= 11 is 3.98. The normalized spacial score (nSPS) is 31.1. The molecule has 136 valence electrons. The minimum Gasteiger partial charge on any atom is -0.394 e. The smallest absolute Gasteiger partial charge is 0.246 e. The lowest BCUT2D eigenvalue weighted by Gasteiger charge is -2.40. The zero-order chi connectivity index (χ0) is 17.2. The number of hydrogen-bond donors (Lipinski definition) is 6. The molecule has 0 aromatic heterocycles. The number of hydrogen-bond acceptors (Lipinski definition) is 9. The average Bonchev–Trinajstić information content (AvgIpc) is 2.55. The number of thiol groups is 1. The van der Waals surface area contributed by atoms with Crippen molar-refractivity contribution in [1.82, 2.24) is 5.32 Å². The lowest BCUT2D eigenvalue weighted by molar-refractivity contribution is -0.227. The number of carbonyl (C=O) groups is 1. The number of nitrogens with one attached hydrogen (secondary N) is 1. The van der Waals surface area contributed by atoms with E-state index in [1.54, 1.807) is 0 Å². The predicted octanol–water partition coefficient (Wildman–Crippen LogP) is -3.09. The Labute approximate surface area is 139 Å². The first-order chi connectivity index (χ1) is 11.0. The van der Waals surface area contributed by atoms with E-state index in [9.17, 15) is 20.1 Å². The first-order valence-electron chi connectivity index (χ1n) is 7.34. The number of aliphatic hydroxyl groups is 4. The molecule has 10 heteroatoms. The summed E-state index contributed by atoms with van der Waals surface area (Å²) in [5.41, 5.74) is 0. The van der Waals surface area contributed by atoms with Crippen molar-refractivity contribution in [3.63, 3.8) is 0 Å². The number of aliphatic hydroxyl groups excluding tert-OH is 4. The van der Waals surface area contributed by atoms with Crippen LogP contribution in [-0.4, -0.2) is 102 Å². The summed E-state index contributed by atoms with van der Waals surface area (Å²) in [6, 6.07) is 0. The molecule has 0 aliphatic carbocycles. The summed E-state index contributed by atoms with van der Waals surface area (Å²) in [4.78, 5) is 11.6. The first-order valence-corrected chi connectivity index (χ1v) is 7.98. The highest BCUT2D eigenvalue weighted by atomic mass is 32.1. The molecular formula is C13H25NO8S. The minimum absolute atomic E-state index is 0.0835. The molecule has 0 radical (unpaired) electrons. The van der Waals surface area contributed by atoms with Crippen LogP contribution in [0.5, 0.6) is 0 Å². The fourth-order valence-corrected chi connectivity index (χ4v) is 2.19. The second-order valence-electron chi connectivity index (χ2n) is 5.06. The third-order valence-corrected chi connectivity index (χ3v) is 3.51. The van der Waals surface area contributed by atoms with E-state index in [-0.39, 0.29) is 19.8 Å². The van der Waals surface area contributed by atoms with Crippen LogP contribution in [0, 0.1) is 0 Å². The monoisotopic (exact) mass is 355 g/mol. The SMILES string of the molecule is O=C(COCCOCCS)NC[C@@H]1O[C@H](CO)[C@H](O)[C@H](O)[C@H]1O. The summed E-state index contributed by atoms with van der Waals surface area (Å²) in [6.07, 6.45) is -6.17. The zero-order valence-electron chi connectivity index (χ0n) is 12.7. The van der Waals surface area contributed by atoms with Gasteiger partial charge in [-0.3, -0.25) is 4.79 Å². The largest absolute Gasteiger partial charge is 0.394 e. The summed E-state index contributed by atoms with van der Waals surface area (Å²) in [5.74, 6) is 0.190. The van der Waals surface area contributed by atoms with Gasteiger partial charge in [0.05, 0.1) is 26.4 Å². The van der Waals surface area contributed by atoms with E-state index in [0.717, 1.165) is 0 Å². The fourth-order valence-electron chi connectivity index (χ4n) is 2.06. The van der Waals surface area contributed by atoms with Crippen LogP contribution in [0.2, 0.25) is 0 Å². The van der Waals surface area contributed by atoms with E-state index < -0.39 is 43.0 Å². The average molecular weight is 355 g/mol. The van der Waals surface area contributed by atoms with Crippen LogP contribution >= 0.6 is 12.6 Å². The maximum Gasteiger partial charge on any atom is 0.246 e. The molecule has 1 heterocycles. The van der Waals surface area contributed by atoms with Crippen LogP contribution in [0.4, 0.5) is 0 Å². The summed E-state index contributed by atoms with van der Waals surface area (Å²) in [5, 5.41) is 40.6. The molecule has 0 aromatic carbocycles. The van der Waals surface area contributed by atoms with Crippen molar-refractivity contribution in [3.05, 3.63) is 0 Å². The van der Waals surface area contributed by atoms with E-state index >= 15 is 0 Å². The van der Waals surface area contributed by atoms with Crippen molar-refractivity contribution >= 4 is 18.5 Å². The Morgan fingerprint density at radius 2 is 1.70 bits per heavy atom. The molecule has 1 aliphatic heterocycles.